The molecular formula is C25H20FNO4. The molecule has 0 aliphatic carbocycles. The lowest BCUT2D eigenvalue weighted by atomic mass is 10.0. The SMILES string of the molecule is Cc1cccc(COc2cccc(OCc3ccc4cc(F)ccc4n3)c2)c1C(=O)O. The molecule has 6 heteroatoms. The molecule has 5 nitrogen and oxygen atoms in total. The van der Waals surface area contributed by atoms with Crippen LogP contribution in [0, 0.1) is 12.7 Å². The maximum atomic E-state index is 13.3. The highest BCUT2D eigenvalue weighted by Crippen LogP contribution is 2.23. The van der Waals surface area contributed by atoms with Gasteiger partial charge in [-0.15, -0.1) is 0 Å². The van der Waals surface area contributed by atoms with Crippen molar-refractivity contribution in [2.45, 2.75) is 20.1 Å². The van der Waals surface area contributed by atoms with Crippen molar-refractivity contribution < 1.29 is 23.8 Å². The summed E-state index contributed by atoms with van der Waals surface area (Å²) in [5.74, 6) is -0.103. The third-order valence-electron chi connectivity index (χ3n) is 4.87. The van der Waals surface area contributed by atoms with Crippen LogP contribution in [-0.2, 0) is 13.2 Å². The van der Waals surface area contributed by atoms with Gasteiger partial charge in [0, 0.05) is 17.0 Å². The maximum Gasteiger partial charge on any atom is 0.336 e. The number of aromatic nitrogens is 1. The third-order valence-corrected chi connectivity index (χ3v) is 4.87. The fraction of sp³-hybridized carbons (Fsp3) is 0.120. The highest BCUT2D eigenvalue weighted by atomic mass is 19.1. The molecule has 0 unspecified atom stereocenters. The fourth-order valence-electron chi connectivity index (χ4n) is 3.35. The molecule has 4 rings (SSSR count). The van der Waals surface area contributed by atoms with Crippen LogP contribution in [0.1, 0.15) is 27.2 Å². The van der Waals surface area contributed by atoms with Gasteiger partial charge in [-0.25, -0.2) is 14.2 Å². The quantitative estimate of drug-likeness (QED) is 0.428. The molecule has 0 radical (unpaired) electrons. The van der Waals surface area contributed by atoms with E-state index in [0.717, 1.165) is 11.1 Å². The van der Waals surface area contributed by atoms with Crippen LogP contribution >= 0.6 is 0 Å². The average Bonchev–Trinajstić information content (AvgIpc) is 2.76. The number of carboxylic acids is 1. The molecule has 0 fully saturated rings. The molecule has 4 aromatic rings. The van der Waals surface area contributed by atoms with E-state index in [1.165, 1.54) is 12.1 Å². The number of fused-ring (bicyclic) bond motifs is 1. The first kappa shape index (κ1) is 20.3. The number of ether oxygens (including phenoxy) is 2. The van der Waals surface area contributed by atoms with Crippen molar-refractivity contribution in [1.82, 2.24) is 4.98 Å². The molecule has 0 amide bonds. The van der Waals surface area contributed by atoms with E-state index in [-0.39, 0.29) is 24.6 Å². The molecule has 1 heterocycles. The van der Waals surface area contributed by atoms with Crippen molar-refractivity contribution in [3.05, 3.63) is 101 Å². The zero-order chi connectivity index (χ0) is 21.8. The fourth-order valence-corrected chi connectivity index (χ4v) is 3.35. The van der Waals surface area contributed by atoms with E-state index in [4.69, 9.17) is 9.47 Å². The number of benzene rings is 3. The zero-order valence-electron chi connectivity index (χ0n) is 16.8. The summed E-state index contributed by atoms with van der Waals surface area (Å²) in [6.45, 7) is 2.14. The van der Waals surface area contributed by atoms with Gasteiger partial charge in [-0.3, -0.25) is 0 Å². The summed E-state index contributed by atoms with van der Waals surface area (Å²) in [7, 11) is 0. The second-order valence-corrected chi connectivity index (χ2v) is 7.11. The minimum absolute atomic E-state index is 0.134. The highest BCUT2D eigenvalue weighted by molar-refractivity contribution is 5.91. The molecule has 0 saturated carbocycles. The van der Waals surface area contributed by atoms with Crippen LogP contribution in [0.2, 0.25) is 0 Å². The van der Waals surface area contributed by atoms with E-state index in [1.807, 2.05) is 12.1 Å². The molecular weight excluding hydrogens is 397 g/mol. The van der Waals surface area contributed by atoms with Gasteiger partial charge in [0.25, 0.3) is 0 Å². The molecule has 3 aromatic carbocycles. The summed E-state index contributed by atoms with van der Waals surface area (Å²) in [4.78, 5) is 16.0. The number of rotatable bonds is 7. The second kappa shape index (κ2) is 8.83. The number of halogens is 1. The predicted octanol–water partition coefficient (Wildman–Crippen LogP) is 5.54. The van der Waals surface area contributed by atoms with Crippen LogP contribution in [0.4, 0.5) is 4.39 Å². The summed E-state index contributed by atoms with van der Waals surface area (Å²) >= 11 is 0. The van der Waals surface area contributed by atoms with Crippen LogP contribution < -0.4 is 9.47 Å². The Bertz CT molecular complexity index is 1260. The minimum atomic E-state index is -0.973. The lowest BCUT2D eigenvalue weighted by Gasteiger charge is -2.12. The van der Waals surface area contributed by atoms with E-state index in [1.54, 1.807) is 55.5 Å². The van der Waals surface area contributed by atoms with E-state index >= 15 is 0 Å². The molecule has 31 heavy (non-hydrogen) atoms. The second-order valence-electron chi connectivity index (χ2n) is 7.11. The number of nitrogens with zero attached hydrogens (tertiary/aromatic N) is 1. The first-order valence-electron chi connectivity index (χ1n) is 9.72. The number of carbonyl (C=O) groups is 1. The van der Waals surface area contributed by atoms with Crippen LogP contribution in [0.25, 0.3) is 10.9 Å². The number of aryl methyl sites for hydroxylation is 1. The number of aromatic carboxylic acids is 1. The summed E-state index contributed by atoms with van der Waals surface area (Å²) in [6, 6.07) is 20.5. The van der Waals surface area contributed by atoms with Crippen molar-refractivity contribution in [3.63, 3.8) is 0 Å². The molecule has 0 atom stereocenters. The van der Waals surface area contributed by atoms with Gasteiger partial charge >= 0.3 is 5.97 Å². The number of hydrogen-bond donors (Lipinski definition) is 1. The van der Waals surface area contributed by atoms with E-state index in [2.05, 4.69) is 4.98 Å². The number of pyridine rings is 1. The van der Waals surface area contributed by atoms with Crippen molar-refractivity contribution in [3.8, 4) is 11.5 Å². The third kappa shape index (κ3) is 4.80. The lowest BCUT2D eigenvalue weighted by molar-refractivity contribution is 0.0693. The Morgan fingerprint density at radius 1 is 0.935 bits per heavy atom. The van der Waals surface area contributed by atoms with Crippen LogP contribution in [0.15, 0.2) is 72.8 Å². The standard InChI is InChI=1S/C25H20FNO4/c1-16-4-2-5-18(24(16)25(28)29)14-30-21-6-3-7-22(13-21)31-15-20-10-8-17-12-19(26)9-11-23(17)27-20/h2-13H,14-15H2,1H3,(H,28,29). The normalized spacial score (nSPS) is 10.8. The minimum Gasteiger partial charge on any atom is -0.489 e. The Morgan fingerprint density at radius 2 is 1.68 bits per heavy atom. The predicted molar refractivity (Wildman–Crippen MR) is 115 cm³/mol. The molecule has 1 N–H and O–H groups in total. The van der Waals surface area contributed by atoms with Gasteiger partial charge in [-0.2, -0.15) is 0 Å². The number of carboxylic acid groups (broad SMARTS) is 1. The molecule has 0 saturated heterocycles. The van der Waals surface area contributed by atoms with Crippen LogP contribution in [-0.4, -0.2) is 16.1 Å². The van der Waals surface area contributed by atoms with Gasteiger partial charge < -0.3 is 14.6 Å². The summed E-state index contributed by atoms with van der Waals surface area (Å²) in [6.07, 6.45) is 0. The maximum absolute atomic E-state index is 13.3. The van der Waals surface area contributed by atoms with Gasteiger partial charge in [-0.1, -0.05) is 30.3 Å². The summed E-state index contributed by atoms with van der Waals surface area (Å²) in [5.41, 5.74) is 2.98. The van der Waals surface area contributed by atoms with Crippen molar-refractivity contribution in [2.24, 2.45) is 0 Å². The van der Waals surface area contributed by atoms with Crippen molar-refractivity contribution in [2.75, 3.05) is 0 Å². The van der Waals surface area contributed by atoms with Gasteiger partial charge in [0.1, 0.15) is 30.5 Å². The molecule has 0 bridgehead atoms. The Labute approximate surface area is 178 Å². The van der Waals surface area contributed by atoms with E-state index in [0.29, 0.717) is 28.1 Å². The first-order valence-corrected chi connectivity index (χ1v) is 9.72. The Balaban J connectivity index is 1.43. The van der Waals surface area contributed by atoms with Gasteiger partial charge in [0.05, 0.1) is 16.8 Å². The van der Waals surface area contributed by atoms with E-state index in [9.17, 15) is 14.3 Å². The van der Waals surface area contributed by atoms with E-state index < -0.39 is 5.97 Å². The van der Waals surface area contributed by atoms with Gasteiger partial charge in [0.2, 0.25) is 0 Å². The smallest absolute Gasteiger partial charge is 0.336 e. The number of hydrogen-bond acceptors (Lipinski definition) is 4. The molecule has 1 aromatic heterocycles. The van der Waals surface area contributed by atoms with Gasteiger partial charge in [-0.05, 0) is 48.9 Å². The first-order chi connectivity index (χ1) is 15.0. The Kier molecular flexibility index (Phi) is 5.80. The monoisotopic (exact) mass is 417 g/mol. The summed E-state index contributed by atoms with van der Waals surface area (Å²) < 4.78 is 24.9. The molecule has 156 valence electrons. The average molecular weight is 417 g/mol. The Hall–Kier alpha value is -3.93. The zero-order valence-corrected chi connectivity index (χ0v) is 16.8. The molecule has 0 aliphatic heterocycles. The molecule has 0 spiro atoms. The summed E-state index contributed by atoms with van der Waals surface area (Å²) in [5, 5.41) is 10.2. The van der Waals surface area contributed by atoms with Crippen LogP contribution in [0.5, 0.6) is 11.5 Å². The molecule has 0 aliphatic rings. The van der Waals surface area contributed by atoms with Crippen molar-refractivity contribution >= 4 is 16.9 Å². The highest BCUT2D eigenvalue weighted by Gasteiger charge is 2.13. The van der Waals surface area contributed by atoms with Crippen molar-refractivity contribution in [1.29, 1.82) is 0 Å². The largest absolute Gasteiger partial charge is 0.489 e. The lowest BCUT2D eigenvalue weighted by Crippen LogP contribution is -2.08. The van der Waals surface area contributed by atoms with Crippen LogP contribution in [0.3, 0.4) is 0 Å². The topological polar surface area (TPSA) is 68.7 Å². The van der Waals surface area contributed by atoms with Gasteiger partial charge in [0.15, 0.2) is 0 Å². The Morgan fingerprint density at radius 3 is 2.45 bits per heavy atom.